The van der Waals surface area contributed by atoms with Crippen molar-refractivity contribution in [2.24, 2.45) is 0 Å². The van der Waals surface area contributed by atoms with Crippen LogP contribution in [-0.2, 0) is 6.42 Å². The Morgan fingerprint density at radius 2 is 1.79 bits per heavy atom. The fourth-order valence-corrected chi connectivity index (χ4v) is 5.48. The highest BCUT2D eigenvalue weighted by molar-refractivity contribution is 5.88. The highest BCUT2D eigenvalue weighted by atomic mass is 15.3. The third-order valence-corrected chi connectivity index (χ3v) is 7.35. The Kier molecular flexibility index (Phi) is 6.59. The first-order valence-corrected chi connectivity index (χ1v) is 13.5. The Bertz CT molecular complexity index is 1570. The number of nitrogens with one attached hydrogen (secondary N) is 2. The van der Waals surface area contributed by atoms with E-state index in [0.717, 1.165) is 53.5 Å². The van der Waals surface area contributed by atoms with Crippen LogP contribution in [0.2, 0.25) is 0 Å². The smallest absolute Gasteiger partial charge is 0.160 e. The SMILES string of the molecule is CC.Cc1cc(Nc2ncnc3ccc(N4CC5CCC(C4)N5)nc23)ccc1Cc1ccn2ncnc2c1. The number of hydrogen-bond acceptors (Lipinski definition) is 8. The zero-order valence-corrected chi connectivity index (χ0v) is 22.1. The highest BCUT2D eigenvalue weighted by Gasteiger charge is 2.32. The average Bonchev–Trinajstić information content (AvgIpc) is 3.56. The molecule has 38 heavy (non-hydrogen) atoms. The molecule has 2 bridgehead atoms. The molecule has 9 heteroatoms. The first-order valence-electron chi connectivity index (χ1n) is 13.5. The first-order chi connectivity index (χ1) is 18.7. The number of piperazine rings is 1. The van der Waals surface area contributed by atoms with Gasteiger partial charge in [0.1, 0.15) is 24.0 Å². The lowest BCUT2D eigenvalue weighted by Crippen LogP contribution is -2.51. The summed E-state index contributed by atoms with van der Waals surface area (Å²) in [5.74, 6) is 1.72. The van der Waals surface area contributed by atoms with Crippen LogP contribution in [0.4, 0.5) is 17.3 Å². The predicted octanol–water partition coefficient (Wildman–Crippen LogP) is 4.68. The summed E-state index contributed by atoms with van der Waals surface area (Å²) < 4.78 is 1.78. The van der Waals surface area contributed by atoms with Gasteiger partial charge in [0.25, 0.3) is 0 Å². The van der Waals surface area contributed by atoms with E-state index in [1.54, 1.807) is 17.2 Å². The zero-order valence-electron chi connectivity index (χ0n) is 22.1. The maximum absolute atomic E-state index is 5.01. The molecule has 9 nitrogen and oxygen atoms in total. The fraction of sp³-hybridized carbons (Fsp3) is 0.345. The second-order valence-electron chi connectivity index (χ2n) is 9.84. The van der Waals surface area contributed by atoms with E-state index in [-0.39, 0.29) is 0 Å². The number of anilines is 3. The lowest BCUT2D eigenvalue weighted by Gasteiger charge is -2.33. The Morgan fingerprint density at radius 3 is 2.61 bits per heavy atom. The molecule has 0 radical (unpaired) electrons. The molecule has 5 aromatic rings. The van der Waals surface area contributed by atoms with Gasteiger partial charge in [-0.3, -0.25) is 0 Å². The third-order valence-electron chi connectivity index (χ3n) is 7.35. The van der Waals surface area contributed by atoms with Crippen molar-refractivity contribution in [2.45, 2.75) is 52.1 Å². The predicted molar refractivity (Wildman–Crippen MR) is 151 cm³/mol. The van der Waals surface area contributed by atoms with Gasteiger partial charge in [0.05, 0.1) is 5.52 Å². The van der Waals surface area contributed by atoms with Crippen LogP contribution in [0.3, 0.4) is 0 Å². The van der Waals surface area contributed by atoms with Crippen molar-refractivity contribution in [3.63, 3.8) is 0 Å². The van der Waals surface area contributed by atoms with Crippen LogP contribution in [0.15, 0.2) is 61.3 Å². The van der Waals surface area contributed by atoms with Crippen LogP contribution in [0.5, 0.6) is 0 Å². The van der Waals surface area contributed by atoms with Gasteiger partial charge >= 0.3 is 0 Å². The molecule has 2 saturated heterocycles. The largest absolute Gasteiger partial charge is 0.353 e. The number of nitrogens with zero attached hydrogens (tertiary/aromatic N) is 7. The Balaban J connectivity index is 0.00000129. The normalized spacial score (nSPS) is 18.4. The van der Waals surface area contributed by atoms with Crippen molar-refractivity contribution in [3.05, 3.63) is 78.0 Å². The van der Waals surface area contributed by atoms with Crippen LogP contribution in [0.1, 0.15) is 43.4 Å². The molecule has 2 aliphatic heterocycles. The number of aromatic nitrogens is 6. The number of rotatable bonds is 5. The number of fused-ring (bicyclic) bond motifs is 4. The van der Waals surface area contributed by atoms with E-state index in [4.69, 9.17) is 4.98 Å². The van der Waals surface area contributed by atoms with Crippen molar-refractivity contribution in [3.8, 4) is 0 Å². The van der Waals surface area contributed by atoms with Gasteiger partial charge in [0.15, 0.2) is 11.5 Å². The molecule has 4 aromatic heterocycles. The van der Waals surface area contributed by atoms with Gasteiger partial charge < -0.3 is 15.5 Å². The lowest BCUT2D eigenvalue weighted by molar-refractivity contribution is 0.464. The maximum Gasteiger partial charge on any atom is 0.160 e. The van der Waals surface area contributed by atoms with Gasteiger partial charge in [-0.15, -0.1) is 0 Å². The van der Waals surface area contributed by atoms with Gasteiger partial charge in [0.2, 0.25) is 0 Å². The molecule has 6 heterocycles. The van der Waals surface area contributed by atoms with E-state index in [0.29, 0.717) is 12.1 Å². The molecule has 1 aromatic carbocycles. The molecule has 7 rings (SSSR count). The van der Waals surface area contributed by atoms with Crippen molar-refractivity contribution in [1.82, 2.24) is 34.9 Å². The molecule has 2 N–H and O–H groups in total. The van der Waals surface area contributed by atoms with Gasteiger partial charge in [-0.05, 0) is 79.3 Å². The van der Waals surface area contributed by atoms with Crippen molar-refractivity contribution < 1.29 is 0 Å². The van der Waals surface area contributed by atoms with Crippen molar-refractivity contribution in [2.75, 3.05) is 23.3 Å². The molecular formula is C29H33N9. The third kappa shape index (κ3) is 4.77. The lowest BCUT2D eigenvalue weighted by atomic mass is 10.0. The summed E-state index contributed by atoms with van der Waals surface area (Å²) in [4.78, 5) is 20.7. The topological polar surface area (TPSA) is 96.2 Å². The molecule has 2 fully saturated rings. The minimum atomic E-state index is 0.561. The molecule has 0 spiro atoms. The second-order valence-corrected chi connectivity index (χ2v) is 9.84. The van der Waals surface area contributed by atoms with Crippen LogP contribution in [0, 0.1) is 6.92 Å². The molecule has 194 valence electrons. The Hall–Kier alpha value is -4.11. The van der Waals surface area contributed by atoms with E-state index >= 15 is 0 Å². The van der Waals surface area contributed by atoms with Gasteiger partial charge in [0, 0.05) is 37.1 Å². The van der Waals surface area contributed by atoms with Crippen LogP contribution >= 0.6 is 0 Å². The Labute approximate surface area is 222 Å². The summed E-state index contributed by atoms with van der Waals surface area (Å²) in [6, 6.07) is 15.9. The molecule has 0 saturated carbocycles. The molecule has 0 aliphatic carbocycles. The van der Waals surface area contributed by atoms with Crippen LogP contribution < -0.4 is 15.5 Å². The summed E-state index contributed by atoms with van der Waals surface area (Å²) in [5, 5.41) is 11.4. The number of benzene rings is 1. The maximum atomic E-state index is 5.01. The number of hydrogen-bond donors (Lipinski definition) is 2. The van der Waals surface area contributed by atoms with Crippen molar-refractivity contribution >= 4 is 34.0 Å². The number of aryl methyl sites for hydroxylation is 1. The standard InChI is InChI=1S/C27H27N9.C2H6/c1-17-10-20(3-2-19(17)11-18-8-9-36-25(12-18)29-16-31-36)33-27-26-23(28-15-30-27)6-7-24(34-26)35-13-21-4-5-22(14-35)32-21;1-2/h2-3,6-10,12,15-16,21-22,32H,4-5,11,13-14H2,1H3,(H,28,30,33);1-2H3. The van der Waals surface area contributed by atoms with Crippen molar-refractivity contribution in [1.29, 1.82) is 0 Å². The van der Waals surface area contributed by atoms with Crippen LogP contribution in [0.25, 0.3) is 16.7 Å². The van der Waals surface area contributed by atoms with E-state index in [2.05, 4.69) is 85.0 Å². The monoisotopic (exact) mass is 507 g/mol. The summed E-state index contributed by atoms with van der Waals surface area (Å²) in [7, 11) is 0. The second kappa shape index (κ2) is 10.3. The van der Waals surface area contributed by atoms with E-state index in [9.17, 15) is 0 Å². The Morgan fingerprint density at radius 1 is 0.947 bits per heavy atom. The summed E-state index contributed by atoms with van der Waals surface area (Å²) in [6.45, 7) is 8.13. The van der Waals surface area contributed by atoms with E-state index < -0.39 is 0 Å². The van der Waals surface area contributed by atoms with Gasteiger partial charge in [-0.1, -0.05) is 19.9 Å². The van der Waals surface area contributed by atoms with Gasteiger partial charge in [-0.2, -0.15) is 5.10 Å². The minimum absolute atomic E-state index is 0.561. The van der Waals surface area contributed by atoms with Crippen LogP contribution in [-0.4, -0.2) is 54.7 Å². The summed E-state index contributed by atoms with van der Waals surface area (Å²) in [5.41, 5.74) is 7.17. The average molecular weight is 508 g/mol. The summed E-state index contributed by atoms with van der Waals surface area (Å²) >= 11 is 0. The highest BCUT2D eigenvalue weighted by Crippen LogP contribution is 2.28. The quantitative estimate of drug-likeness (QED) is 0.354. The minimum Gasteiger partial charge on any atom is -0.353 e. The van der Waals surface area contributed by atoms with E-state index in [1.807, 2.05) is 20.0 Å². The molecule has 2 unspecified atom stereocenters. The number of pyridine rings is 2. The summed E-state index contributed by atoms with van der Waals surface area (Å²) in [6.07, 6.45) is 8.45. The zero-order chi connectivity index (χ0) is 26.1. The molecule has 2 aliphatic rings. The molecular weight excluding hydrogens is 474 g/mol. The molecule has 2 atom stereocenters. The first kappa shape index (κ1) is 24.2. The van der Waals surface area contributed by atoms with Gasteiger partial charge in [-0.25, -0.2) is 24.5 Å². The van der Waals surface area contributed by atoms with E-state index in [1.165, 1.54) is 29.5 Å². The fourth-order valence-electron chi connectivity index (χ4n) is 5.48. The molecule has 0 amide bonds.